The number of unbranched alkanes of at least 4 members (excludes halogenated alkanes) is 1. The zero-order chi connectivity index (χ0) is 8.53. The number of amides is 1. The van der Waals surface area contributed by atoms with Crippen molar-refractivity contribution >= 4 is 28.5 Å². The van der Waals surface area contributed by atoms with Crippen molar-refractivity contribution in [3.63, 3.8) is 0 Å². The third-order valence-electron chi connectivity index (χ3n) is 1.36. The highest BCUT2D eigenvalue weighted by Gasteiger charge is 1.96. The Morgan fingerprint density at radius 1 is 1.45 bits per heavy atom. The lowest BCUT2D eigenvalue weighted by Gasteiger charge is -2.01. The number of hydrogen-bond donors (Lipinski definition) is 1. The molecule has 0 saturated carbocycles. The van der Waals surface area contributed by atoms with Gasteiger partial charge in [0.15, 0.2) is 0 Å². The van der Waals surface area contributed by atoms with E-state index in [1.807, 2.05) is 6.92 Å². The van der Waals surface area contributed by atoms with Gasteiger partial charge in [-0.2, -0.15) is 0 Å². The van der Waals surface area contributed by atoms with Crippen LogP contribution in [0.1, 0.15) is 32.6 Å². The Labute approximate surface area is 82.3 Å². The molecule has 0 heterocycles. The molecular weight excluding hydrogens is 253 g/mol. The molecule has 0 aliphatic carbocycles. The van der Waals surface area contributed by atoms with Gasteiger partial charge in [0.1, 0.15) is 0 Å². The molecule has 0 aromatic rings. The molecule has 0 radical (unpaired) electrons. The molecule has 1 N–H and O–H groups in total. The van der Waals surface area contributed by atoms with Crippen molar-refractivity contribution in [2.75, 3.05) is 11.0 Å². The number of carbonyl (C=O) groups is 1. The maximum Gasteiger partial charge on any atom is 0.219 e. The fourth-order valence-corrected chi connectivity index (χ4v) is 1.30. The van der Waals surface area contributed by atoms with Crippen molar-refractivity contribution in [2.24, 2.45) is 0 Å². The van der Waals surface area contributed by atoms with Crippen molar-refractivity contribution in [2.45, 2.75) is 32.6 Å². The van der Waals surface area contributed by atoms with Crippen LogP contribution >= 0.6 is 22.6 Å². The zero-order valence-electron chi connectivity index (χ0n) is 7.03. The van der Waals surface area contributed by atoms with Gasteiger partial charge in [-0.1, -0.05) is 29.5 Å². The second-order valence-electron chi connectivity index (χ2n) is 2.50. The SMILES string of the molecule is CCCC(=O)NCCCCI. The topological polar surface area (TPSA) is 29.1 Å². The van der Waals surface area contributed by atoms with E-state index in [1.54, 1.807) is 0 Å². The largest absolute Gasteiger partial charge is 0.356 e. The molecule has 1 amide bonds. The average Bonchev–Trinajstić information content (AvgIpc) is 1.99. The summed E-state index contributed by atoms with van der Waals surface area (Å²) in [6, 6.07) is 0. The minimum Gasteiger partial charge on any atom is -0.356 e. The summed E-state index contributed by atoms with van der Waals surface area (Å²) in [5.74, 6) is 0.195. The maximum absolute atomic E-state index is 10.9. The first-order valence-electron chi connectivity index (χ1n) is 4.14. The number of alkyl halides is 1. The first-order valence-corrected chi connectivity index (χ1v) is 5.66. The highest BCUT2D eigenvalue weighted by molar-refractivity contribution is 14.1. The molecule has 0 aromatic carbocycles. The summed E-state index contributed by atoms with van der Waals surface area (Å²) in [6.45, 7) is 2.87. The quantitative estimate of drug-likeness (QED) is 0.446. The summed E-state index contributed by atoms with van der Waals surface area (Å²) >= 11 is 2.35. The van der Waals surface area contributed by atoms with Crippen LogP contribution in [0.3, 0.4) is 0 Å². The van der Waals surface area contributed by atoms with Crippen molar-refractivity contribution in [1.29, 1.82) is 0 Å². The molecule has 0 bridgehead atoms. The van der Waals surface area contributed by atoms with Crippen LogP contribution in [0.4, 0.5) is 0 Å². The third kappa shape index (κ3) is 8.10. The Bertz CT molecular complexity index is 106. The van der Waals surface area contributed by atoms with Gasteiger partial charge in [0.25, 0.3) is 0 Å². The Balaban J connectivity index is 3.04. The summed E-state index contributed by atoms with van der Waals surface area (Å²) in [4.78, 5) is 10.9. The van der Waals surface area contributed by atoms with Gasteiger partial charge >= 0.3 is 0 Å². The summed E-state index contributed by atoms with van der Waals surface area (Å²) in [5.41, 5.74) is 0. The van der Waals surface area contributed by atoms with Crippen LogP contribution in [0.5, 0.6) is 0 Å². The first kappa shape index (κ1) is 11.2. The molecule has 66 valence electrons. The van der Waals surface area contributed by atoms with Gasteiger partial charge in [-0.15, -0.1) is 0 Å². The van der Waals surface area contributed by atoms with E-state index in [-0.39, 0.29) is 5.91 Å². The van der Waals surface area contributed by atoms with Crippen LogP contribution in [0.15, 0.2) is 0 Å². The standard InChI is InChI=1S/C8H16INO/c1-2-5-8(11)10-7-4-3-6-9/h2-7H2,1H3,(H,10,11). The van der Waals surface area contributed by atoms with Gasteiger partial charge in [-0.25, -0.2) is 0 Å². The summed E-state index contributed by atoms with van der Waals surface area (Å²) in [6.07, 6.45) is 3.92. The summed E-state index contributed by atoms with van der Waals surface area (Å²) in [5, 5.41) is 2.88. The van der Waals surface area contributed by atoms with Crippen molar-refractivity contribution in [3.05, 3.63) is 0 Å². The number of rotatable bonds is 6. The third-order valence-corrected chi connectivity index (χ3v) is 2.12. The van der Waals surface area contributed by atoms with Crippen LogP contribution in [0.25, 0.3) is 0 Å². The zero-order valence-corrected chi connectivity index (χ0v) is 9.19. The van der Waals surface area contributed by atoms with Crippen molar-refractivity contribution in [1.82, 2.24) is 5.32 Å². The molecule has 0 aromatic heterocycles. The molecule has 2 nitrogen and oxygen atoms in total. The van der Waals surface area contributed by atoms with Crippen LogP contribution in [0, 0.1) is 0 Å². The van der Waals surface area contributed by atoms with E-state index < -0.39 is 0 Å². The average molecular weight is 269 g/mol. The van der Waals surface area contributed by atoms with E-state index in [4.69, 9.17) is 0 Å². The monoisotopic (exact) mass is 269 g/mol. The molecule has 0 atom stereocenters. The predicted molar refractivity (Wildman–Crippen MR) is 56.0 cm³/mol. The predicted octanol–water partition coefficient (Wildman–Crippen LogP) is 2.12. The molecule has 0 saturated heterocycles. The fourth-order valence-electron chi connectivity index (χ4n) is 0.763. The second kappa shape index (κ2) is 8.30. The van der Waals surface area contributed by atoms with E-state index >= 15 is 0 Å². The number of halogens is 1. The lowest BCUT2D eigenvalue weighted by Crippen LogP contribution is -2.23. The lowest BCUT2D eigenvalue weighted by atomic mass is 10.3. The highest BCUT2D eigenvalue weighted by atomic mass is 127. The molecule has 0 fully saturated rings. The summed E-state index contributed by atoms with van der Waals surface area (Å²) in [7, 11) is 0. The molecule has 0 spiro atoms. The highest BCUT2D eigenvalue weighted by Crippen LogP contribution is 1.93. The fraction of sp³-hybridized carbons (Fsp3) is 0.875. The second-order valence-corrected chi connectivity index (χ2v) is 3.57. The van der Waals surface area contributed by atoms with E-state index in [1.165, 1.54) is 10.8 Å². The normalized spacial score (nSPS) is 9.64. The van der Waals surface area contributed by atoms with Gasteiger partial charge in [0, 0.05) is 13.0 Å². The maximum atomic E-state index is 10.9. The number of nitrogens with one attached hydrogen (secondary N) is 1. The molecule has 11 heavy (non-hydrogen) atoms. The lowest BCUT2D eigenvalue weighted by molar-refractivity contribution is -0.121. The van der Waals surface area contributed by atoms with Gasteiger partial charge in [-0.3, -0.25) is 4.79 Å². The van der Waals surface area contributed by atoms with Crippen LogP contribution < -0.4 is 5.32 Å². The molecule has 0 rings (SSSR count). The van der Waals surface area contributed by atoms with E-state index in [0.717, 1.165) is 19.4 Å². The minimum atomic E-state index is 0.195. The summed E-state index contributed by atoms with van der Waals surface area (Å²) < 4.78 is 1.18. The number of hydrogen-bond acceptors (Lipinski definition) is 1. The van der Waals surface area contributed by atoms with Crippen LogP contribution in [0.2, 0.25) is 0 Å². The molecule has 3 heteroatoms. The van der Waals surface area contributed by atoms with Crippen LogP contribution in [-0.2, 0) is 4.79 Å². The minimum absolute atomic E-state index is 0.195. The van der Waals surface area contributed by atoms with Crippen molar-refractivity contribution < 1.29 is 4.79 Å². The molecular formula is C8H16INO. The molecule has 0 aliphatic rings. The van der Waals surface area contributed by atoms with E-state index in [0.29, 0.717) is 6.42 Å². The number of carbonyl (C=O) groups excluding carboxylic acids is 1. The van der Waals surface area contributed by atoms with Gasteiger partial charge in [0.2, 0.25) is 5.91 Å². The smallest absolute Gasteiger partial charge is 0.219 e. The van der Waals surface area contributed by atoms with Crippen molar-refractivity contribution in [3.8, 4) is 0 Å². The van der Waals surface area contributed by atoms with Gasteiger partial charge < -0.3 is 5.32 Å². The molecule has 0 unspecified atom stereocenters. The molecule has 0 aliphatic heterocycles. The Morgan fingerprint density at radius 2 is 2.18 bits per heavy atom. The van der Waals surface area contributed by atoms with Crippen LogP contribution in [-0.4, -0.2) is 16.9 Å². The first-order chi connectivity index (χ1) is 5.31. The van der Waals surface area contributed by atoms with Gasteiger partial charge in [0.05, 0.1) is 0 Å². The Morgan fingerprint density at radius 3 is 2.73 bits per heavy atom. The van der Waals surface area contributed by atoms with Gasteiger partial charge in [-0.05, 0) is 23.7 Å². The van der Waals surface area contributed by atoms with E-state index in [9.17, 15) is 4.79 Å². The van der Waals surface area contributed by atoms with E-state index in [2.05, 4.69) is 27.9 Å². The Hall–Kier alpha value is 0.200. The Kier molecular flexibility index (Phi) is 8.45.